The number of nitrogens with one attached hydrogen (secondary N) is 2. The average Bonchev–Trinajstić information content (AvgIpc) is 3.41. The van der Waals surface area contributed by atoms with E-state index < -0.39 is 0 Å². The minimum atomic E-state index is -0.00515. The minimum Gasteiger partial charge on any atom is -0.400 e. The summed E-state index contributed by atoms with van der Waals surface area (Å²) >= 11 is 0. The zero-order valence-corrected chi connectivity index (χ0v) is 15.4. The average molecular weight is 366 g/mol. The lowest BCUT2D eigenvalue weighted by atomic mass is 9.79. The Morgan fingerprint density at radius 1 is 1.30 bits per heavy atom. The number of allylic oxidation sites excluding steroid dienone is 1. The van der Waals surface area contributed by atoms with Crippen molar-refractivity contribution >= 4 is 23.8 Å². The monoisotopic (exact) mass is 366 g/mol. The van der Waals surface area contributed by atoms with Crippen LogP contribution in [0, 0.1) is 23.2 Å². The summed E-state index contributed by atoms with van der Waals surface area (Å²) in [7, 11) is 0. The fourth-order valence-electron chi connectivity index (χ4n) is 4.30. The summed E-state index contributed by atoms with van der Waals surface area (Å²) in [6.45, 7) is 0.793. The second kappa shape index (κ2) is 7.47. The number of aliphatic imine (C=N–C) groups is 1. The highest BCUT2D eigenvalue weighted by Gasteiger charge is 2.35. The summed E-state index contributed by atoms with van der Waals surface area (Å²) in [5.41, 5.74) is 9.43. The third kappa shape index (κ3) is 3.70. The fraction of sp³-hybridized carbons (Fsp3) is 0.550. The van der Waals surface area contributed by atoms with E-state index in [0.29, 0.717) is 17.9 Å². The molecule has 2 heterocycles. The van der Waals surface area contributed by atoms with Crippen molar-refractivity contribution in [2.45, 2.75) is 51.0 Å². The van der Waals surface area contributed by atoms with Gasteiger partial charge in [-0.1, -0.05) is 0 Å². The van der Waals surface area contributed by atoms with Crippen LogP contribution in [0.5, 0.6) is 0 Å². The third-order valence-electron chi connectivity index (χ3n) is 5.97. The lowest BCUT2D eigenvalue weighted by Crippen LogP contribution is -2.38. The Hall–Kier alpha value is -2.75. The number of carbonyl (C=O) groups excluding carboxylic acids is 1. The first kappa shape index (κ1) is 17.7. The molecule has 1 aliphatic heterocycles. The summed E-state index contributed by atoms with van der Waals surface area (Å²) in [5.74, 6) is 1.69. The number of amides is 1. The summed E-state index contributed by atoms with van der Waals surface area (Å²) in [6.07, 6.45) is 9.91. The Kier molecular flexibility index (Phi) is 4.88. The Morgan fingerprint density at radius 2 is 2.07 bits per heavy atom. The Balaban J connectivity index is 1.38. The molecule has 2 saturated carbocycles. The van der Waals surface area contributed by atoms with E-state index in [9.17, 15) is 4.79 Å². The van der Waals surface area contributed by atoms with E-state index in [4.69, 9.17) is 11.0 Å². The molecular weight excluding hydrogens is 340 g/mol. The van der Waals surface area contributed by atoms with Gasteiger partial charge in [0, 0.05) is 36.0 Å². The molecule has 1 aromatic heterocycles. The molecule has 1 amide bonds. The van der Waals surface area contributed by atoms with Gasteiger partial charge in [-0.3, -0.25) is 4.79 Å². The van der Waals surface area contributed by atoms with Gasteiger partial charge in [-0.15, -0.1) is 0 Å². The Labute approximate surface area is 159 Å². The van der Waals surface area contributed by atoms with Crippen molar-refractivity contribution in [3.8, 4) is 6.07 Å². The molecule has 2 fully saturated rings. The first-order chi connectivity index (χ1) is 13.2. The molecule has 0 aromatic carbocycles. The van der Waals surface area contributed by atoms with Gasteiger partial charge in [0.15, 0.2) is 0 Å². The van der Waals surface area contributed by atoms with Crippen LogP contribution in [-0.4, -0.2) is 34.7 Å². The topological polar surface area (TPSA) is 110 Å². The summed E-state index contributed by atoms with van der Waals surface area (Å²) < 4.78 is 0. The summed E-state index contributed by atoms with van der Waals surface area (Å²) in [5, 5.41) is 12.0. The number of fused-ring (bicyclic) bond motifs is 1. The molecular formula is C20H26N6O. The van der Waals surface area contributed by atoms with Gasteiger partial charge < -0.3 is 20.9 Å². The van der Waals surface area contributed by atoms with Crippen LogP contribution in [0.4, 0.5) is 5.82 Å². The van der Waals surface area contributed by atoms with Gasteiger partial charge in [0.1, 0.15) is 12.2 Å². The van der Waals surface area contributed by atoms with Crippen LogP contribution in [-0.2, 0) is 4.79 Å². The van der Waals surface area contributed by atoms with E-state index in [1.165, 1.54) is 0 Å². The van der Waals surface area contributed by atoms with Crippen molar-refractivity contribution in [3.63, 3.8) is 0 Å². The zero-order chi connectivity index (χ0) is 18.8. The molecule has 0 saturated heterocycles. The molecule has 4 N–H and O–H groups in total. The Morgan fingerprint density at radius 3 is 2.78 bits per heavy atom. The van der Waals surface area contributed by atoms with Crippen LogP contribution in [0.2, 0.25) is 0 Å². The molecule has 0 bridgehead atoms. The Bertz CT molecular complexity index is 805. The highest BCUT2D eigenvalue weighted by molar-refractivity contribution is 5.87. The van der Waals surface area contributed by atoms with Gasteiger partial charge in [-0.2, -0.15) is 5.26 Å². The maximum absolute atomic E-state index is 12.2. The molecule has 2 aliphatic carbocycles. The molecule has 0 unspecified atom stereocenters. The maximum atomic E-state index is 12.2. The van der Waals surface area contributed by atoms with Crippen molar-refractivity contribution in [2.75, 3.05) is 6.54 Å². The van der Waals surface area contributed by atoms with Crippen LogP contribution < -0.4 is 11.1 Å². The number of aromatic amines is 1. The number of H-pyrrole nitrogens is 1. The molecule has 1 aromatic rings. The standard InChI is InChI=1S/C20H26N6O/c21-9-7-17(27)26(15-5-6-15)11-13-1-3-14(4-2-13)18(22)19-16-8-10-23-20(16)25-12-24-19/h8,10,12-15,23H,1-7,11,22H2,(H,24,25)/b19-18-. The predicted molar refractivity (Wildman–Crippen MR) is 104 cm³/mol. The fourth-order valence-corrected chi connectivity index (χ4v) is 4.30. The molecule has 7 nitrogen and oxygen atoms in total. The number of hydrogen-bond donors (Lipinski definition) is 3. The molecule has 7 heteroatoms. The highest BCUT2D eigenvalue weighted by atomic mass is 16.2. The SMILES string of the molecule is N#CCC(=O)N(CC1CCC(/C(N)=C2/NC=Nc3[nH]ccc32)CC1)C1CC1. The first-order valence-corrected chi connectivity index (χ1v) is 9.80. The van der Waals surface area contributed by atoms with Crippen LogP contribution in [0.15, 0.2) is 23.0 Å². The number of nitriles is 1. The van der Waals surface area contributed by atoms with Crippen molar-refractivity contribution in [1.29, 1.82) is 5.26 Å². The number of nitrogens with two attached hydrogens (primary N) is 1. The van der Waals surface area contributed by atoms with Gasteiger partial charge in [0.2, 0.25) is 5.91 Å². The number of hydrogen-bond acceptors (Lipinski definition) is 5. The molecule has 4 rings (SSSR count). The van der Waals surface area contributed by atoms with Crippen molar-refractivity contribution in [1.82, 2.24) is 15.2 Å². The summed E-state index contributed by atoms with van der Waals surface area (Å²) in [4.78, 5) is 21.6. The van der Waals surface area contributed by atoms with Gasteiger partial charge in [0.05, 0.1) is 18.1 Å². The van der Waals surface area contributed by atoms with E-state index in [2.05, 4.69) is 15.3 Å². The second-order valence-electron chi connectivity index (χ2n) is 7.80. The number of aromatic nitrogens is 1. The number of nitrogens with zero attached hydrogens (tertiary/aromatic N) is 3. The maximum Gasteiger partial charge on any atom is 0.237 e. The van der Waals surface area contributed by atoms with E-state index >= 15 is 0 Å². The summed E-state index contributed by atoms with van der Waals surface area (Å²) in [6, 6.07) is 4.37. The lowest BCUT2D eigenvalue weighted by Gasteiger charge is -2.33. The normalized spacial score (nSPS) is 25.9. The van der Waals surface area contributed by atoms with Gasteiger partial charge in [0.25, 0.3) is 0 Å². The molecule has 142 valence electrons. The minimum absolute atomic E-state index is 0.00287. The van der Waals surface area contributed by atoms with E-state index in [1.54, 1.807) is 6.34 Å². The van der Waals surface area contributed by atoms with Crippen molar-refractivity contribution < 1.29 is 4.79 Å². The first-order valence-electron chi connectivity index (χ1n) is 9.80. The molecule has 0 radical (unpaired) electrons. The van der Waals surface area contributed by atoms with Crippen LogP contribution in [0.3, 0.4) is 0 Å². The van der Waals surface area contributed by atoms with Gasteiger partial charge in [-0.05, 0) is 50.5 Å². The zero-order valence-electron chi connectivity index (χ0n) is 15.4. The lowest BCUT2D eigenvalue weighted by molar-refractivity contribution is -0.131. The van der Waals surface area contributed by atoms with Crippen LogP contribution in [0.25, 0.3) is 5.70 Å². The number of carbonyl (C=O) groups is 1. The smallest absolute Gasteiger partial charge is 0.237 e. The van der Waals surface area contributed by atoms with Crippen molar-refractivity contribution in [2.24, 2.45) is 22.6 Å². The quantitative estimate of drug-likeness (QED) is 0.744. The third-order valence-corrected chi connectivity index (χ3v) is 5.97. The highest BCUT2D eigenvalue weighted by Crippen LogP contribution is 2.37. The van der Waals surface area contributed by atoms with Gasteiger partial charge >= 0.3 is 0 Å². The van der Waals surface area contributed by atoms with E-state index in [-0.39, 0.29) is 12.3 Å². The molecule has 3 aliphatic rings. The molecule has 27 heavy (non-hydrogen) atoms. The van der Waals surface area contributed by atoms with Crippen molar-refractivity contribution in [3.05, 3.63) is 23.5 Å². The number of rotatable bonds is 5. The van der Waals surface area contributed by atoms with Gasteiger partial charge in [-0.25, -0.2) is 4.99 Å². The molecule has 0 spiro atoms. The van der Waals surface area contributed by atoms with Crippen LogP contribution >= 0.6 is 0 Å². The van der Waals surface area contributed by atoms with E-state index in [1.807, 2.05) is 23.2 Å². The second-order valence-corrected chi connectivity index (χ2v) is 7.80. The van der Waals surface area contributed by atoms with E-state index in [0.717, 1.165) is 67.8 Å². The van der Waals surface area contributed by atoms with Crippen LogP contribution in [0.1, 0.15) is 50.5 Å². The largest absolute Gasteiger partial charge is 0.400 e. The molecule has 0 atom stereocenters. The predicted octanol–water partition coefficient (Wildman–Crippen LogP) is 2.62.